The highest BCUT2D eigenvalue weighted by molar-refractivity contribution is 5.71. The first kappa shape index (κ1) is 10.7. The predicted molar refractivity (Wildman–Crippen MR) is 56.5 cm³/mol. The summed E-state index contributed by atoms with van der Waals surface area (Å²) >= 11 is 0. The summed E-state index contributed by atoms with van der Waals surface area (Å²) in [6.07, 6.45) is 6.02. The van der Waals surface area contributed by atoms with E-state index in [1.807, 2.05) is 0 Å². The maximum Gasteiger partial charge on any atom is 0.332 e. The summed E-state index contributed by atoms with van der Waals surface area (Å²) in [6.45, 7) is 3.87. The Labute approximate surface area is 90.1 Å². The molecule has 0 aromatic rings. The van der Waals surface area contributed by atoms with E-state index < -0.39 is 12.1 Å². The predicted octanol–water partition coefficient (Wildman–Crippen LogP) is 2.08. The molecule has 0 saturated heterocycles. The van der Waals surface area contributed by atoms with Crippen LogP contribution in [0.1, 0.15) is 26.7 Å². The Morgan fingerprint density at radius 2 is 2.07 bits per heavy atom. The Kier molecular flexibility index (Phi) is 2.83. The summed E-state index contributed by atoms with van der Waals surface area (Å²) in [6, 6.07) is 0. The third-order valence-corrected chi connectivity index (χ3v) is 3.69. The average molecular weight is 210 g/mol. The Bertz CT molecular complexity index is 285. The van der Waals surface area contributed by atoms with E-state index >= 15 is 0 Å². The van der Waals surface area contributed by atoms with E-state index in [0.717, 1.165) is 18.8 Å². The molecule has 0 amide bonds. The zero-order chi connectivity index (χ0) is 11.0. The van der Waals surface area contributed by atoms with Crippen LogP contribution in [0.2, 0.25) is 0 Å². The highest BCUT2D eigenvalue weighted by Gasteiger charge is 2.38. The highest BCUT2D eigenvalue weighted by atomic mass is 16.5. The zero-order valence-electron chi connectivity index (χ0n) is 9.22. The molecule has 84 valence electrons. The average Bonchev–Trinajstić information content (AvgIpc) is 2.19. The van der Waals surface area contributed by atoms with E-state index in [0.29, 0.717) is 11.8 Å². The Morgan fingerprint density at radius 1 is 1.40 bits per heavy atom. The van der Waals surface area contributed by atoms with Crippen LogP contribution in [0.3, 0.4) is 0 Å². The standard InChI is InChI=1S/C12H18O3/c1-7-5-10-4-3-9(7)6-11(10)15-8(2)12(13)14/h3-4,7-11H,5-6H2,1-2H3,(H,13,14). The summed E-state index contributed by atoms with van der Waals surface area (Å²) in [7, 11) is 0. The molecular formula is C12H18O3. The first-order chi connectivity index (χ1) is 7.08. The van der Waals surface area contributed by atoms with Crippen molar-refractivity contribution in [3.63, 3.8) is 0 Å². The maximum atomic E-state index is 10.7. The molecule has 2 bridgehead atoms. The minimum atomic E-state index is -0.867. The van der Waals surface area contributed by atoms with Gasteiger partial charge >= 0.3 is 5.97 Å². The van der Waals surface area contributed by atoms with Crippen molar-refractivity contribution in [2.24, 2.45) is 17.8 Å². The lowest BCUT2D eigenvalue weighted by Gasteiger charge is -2.42. The van der Waals surface area contributed by atoms with Gasteiger partial charge in [0, 0.05) is 5.92 Å². The molecule has 15 heavy (non-hydrogen) atoms. The number of carboxylic acid groups (broad SMARTS) is 1. The fourth-order valence-electron chi connectivity index (χ4n) is 2.66. The second-order valence-corrected chi connectivity index (χ2v) is 4.82. The molecule has 3 aliphatic rings. The third kappa shape index (κ3) is 2.07. The fourth-order valence-corrected chi connectivity index (χ4v) is 2.66. The van der Waals surface area contributed by atoms with Crippen LogP contribution in [-0.4, -0.2) is 23.3 Å². The molecule has 0 radical (unpaired) electrons. The van der Waals surface area contributed by atoms with Gasteiger partial charge in [-0.2, -0.15) is 0 Å². The molecule has 3 heteroatoms. The quantitative estimate of drug-likeness (QED) is 0.725. The van der Waals surface area contributed by atoms with Crippen LogP contribution >= 0.6 is 0 Å². The summed E-state index contributed by atoms with van der Waals surface area (Å²) < 4.78 is 5.58. The number of hydrogen-bond acceptors (Lipinski definition) is 2. The molecule has 0 aliphatic heterocycles. The van der Waals surface area contributed by atoms with E-state index in [1.165, 1.54) is 0 Å². The Hall–Kier alpha value is -0.830. The van der Waals surface area contributed by atoms with E-state index in [4.69, 9.17) is 9.84 Å². The fraction of sp³-hybridized carbons (Fsp3) is 0.750. The summed E-state index contributed by atoms with van der Waals surface area (Å²) in [5.74, 6) is 0.862. The van der Waals surface area contributed by atoms with Crippen molar-refractivity contribution >= 4 is 5.97 Å². The maximum absolute atomic E-state index is 10.7. The number of hydrogen-bond donors (Lipinski definition) is 1. The van der Waals surface area contributed by atoms with Crippen LogP contribution in [0.25, 0.3) is 0 Å². The highest BCUT2D eigenvalue weighted by Crippen LogP contribution is 2.41. The van der Waals surface area contributed by atoms with Crippen molar-refractivity contribution in [2.45, 2.75) is 38.9 Å². The summed E-state index contributed by atoms with van der Waals surface area (Å²) in [5.41, 5.74) is 0. The van der Waals surface area contributed by atoms with Crippen molar-refractivity contribution in [2.75, 3.05) is 0 Å². The van der Waals surface area contributed by atoms with Crippen LogP contribution in [0.5, 0.6) is 0 Å². The van der Waals surface area contributed by atoms with Crippen molar-refractivity contribution < 1.29 is 14.6 Å². The smallest absolute Gasteiger partial charge is 0.332 e. The molecule has 0 spiro atoms. The molecular weight excluding hydrogens is 192 g/mol. The lowest BCUT2D eigenvalue weighted by molar-refractivity contribution is -0.157. The van der Waals surface area contributed by atoms with Crippen molar-refractivity contribution in [1.29, 1.82) is 0 Å². The van der Waals surface area contributed by atoms with E-state index in [2.05, 4.69) is 19.1 Å². The Morgan fingerprint density at radius 3 is 2.53 bits per heavy atom. The number of allylic oxidation sites excluding steroid dienone is 1. The lowest BCUT2D eigenvalue weighted by atomic mass is 9.68. The molecule has 5 unspecified atom stereocenters. The van der Waals surface area contributed by atoms with E-state index in [1.54, 1.807) is 6.92 Å². The molecule has 3 rings (SSSR count). The van der Waals surface area contributed by atoms with Gasteiger partial charge in [-0.15, -0.1) is 0 Å². The van der Waals surface area contributed by atoms with Crippen molar-refractivity contribution in [1.82, 2.24) is 0 Å². The number of aliphatic carboxylic acids is 1. The summed E-state index contributed by atoms with van der Waals surface area (Å²) in [5, 5.41) is 8.79. The minimum Gasteiger partial charge on any atom is -0.479 e. The third-order valence-electron chi connectivity index (χ3n) is 3.69. The molecule has 1 saturated carbocycles. The van der Waals surface area contributed by atoms with E-state index in [9.17, 15) is 4.79 Å². The van der Waals surface area contributed by atoms with Crippen LogP contribution in [-0.2, 0) is 9.53 Å². The Balaban J connectivity index is 1.97. The van der Waals surface area contributed by atoms with Crippen LogP contribution in [0.15, 0.2) is 12.2 Å². The van der Waals surface area contributed by atoms with E-state index in [-0.39, 0.29) is 6.10 Å². The number of fused-ring (bicyclic) bond motifs is 2. The number of ether oxygens (including phenoxy) is 1. The largest absolute Gasteiger partial charge is 0.479 e. The van der Waals surface area contributed by atoms with Gasteiger partial charge in [0.2, 0.25) is 0 Å². The second-order valence-electron chi connectivity index (χ2n) is 4.82. The van der Waals surface area contributed by atoms with Crippen molar-refractivity contribution in [3.05, 3.63) is 12.2 Å². The zero-order valence-corrected chi connectivity index (χ0v) is 9.22. The van der Waals surface area contributed by atoms with Gasteiger partial charge in [-0.1, -0.05) is 19.1 Å². The first-order valence-electron chi connectivity index (χ1n) is 5.64. The minimum absolute atomic E-state index is 0.113. The molecule has 3 aliphatic carbocycles. The first-order valence-corrected chi connectivity index (χ1v) is 5.64. The number of rotatable bonds is 3. The van der Waals surface area contributed by atoms with Crippen LogP contribution in [0, 0.1) is 17.8 Å². The van der Waals surface area contributed by atoms with Gasteiger partial charge in [0.1, 0.15) is 0 Å². The summed E-state index contributed by atoms with van der Waals surface area (Å²) in [4.78, 5) is 10.7. The van der Waals surface area contributed by atoms with Crippen LogP contribution in [0.4, 0.5) is 0 Å². The molecule has 1 N–H and O–H groups in total. The second kappa shape index (κ2) is 3.97. The van der Waals surface area contributed by atoms with Gasteiger partial charge in [0.25, 0.3) is 0 Å². The van der Waals surface area contributed by atoms with Gasteiger partial charge in [-0.3, -0.25) is 0 Å². The molecule has 1 fully saturated rings. The van der Waals surface area contributed by atoms with Crippen LogP contribution < -0.4 is 0 Å². The monoisotopic (exact) mass is 210 g/mol. The molecule has 0 aromatic carbocycles. The normalized spacial score (nSPS) is 40.4. The van der Waals surface area contributed by atoms with Crippen molar-refractivity contribution in [3.8, 4) is 0 Å². The van der Waals surface area contributed by atoms with Gasteiger partial charge < -0.3 is 9.84 Å². The topological polar surface area (TPSA) is 46.5 Å². The molecule has 5 atom stereocenters. The lowest BCUT2D eigenvalue weighted by Crippen LogP contribution is -2.41. The molecule has 0 heterocycles. The van der Waals surface area contributed by atoms with Gasteiger partial charge in [0.15, 0.2) is 6.10 Å². The SMILES string of the molecule is CC(OC1CC2C=CC1CC2C)C(=O)O. The van der Waals surface area contributed by atoms with Gasteiger partial charge in [-0.05, 0) is 31.6 Å². The van der Waals surface area contributed by atoms with Gasteiger partial charge in [0.05, 0.1) is 6.10 Å². The number of carboxylic acids is 1. The van der Waals surface area contributed by atoms with Gasteiger partial charge in [-0.25, -0.2) is 4.79 Å². The molecule has 0 aromatic heterocycles. The number of carbonyl (C=O) groups is 1. The molecule has 3 nitrogen and oxygen atoms in total.